The third-order valence-electron chi connectivity index (χ3n) is 3.65. The predicted octanol–water partition coefficient (Wildman–Crippen LogP) is 1.74. The lowest BCUT2D eigenvalue weighted by Crippen LogP contribution is -2.25. The topological polar surface area (TPSA) is 102 Å². The highest BCUT2D eigenvalue weighted by Gasteiger charge is 2.13. The minimum absolute atomic E-state index is 0.0942. The van der Waals surface area contributed by atoms with E-state index in [2.05, 4.69) is 20.4 Å². The van der Waals surface area contributed by atoms with Gasteiger partial charge in [-0.3, -0.25) is 9.59 Å². The zero-order valence-corrected chi connectivity index (χ0v) is 15.3. The second kappa shape index (κ2) is 8.05. The molecular formula is C17H19N5O3S. The highest BCUT2D eigenvalue weighted by atomic mass is 32.2. The summed E-state index contributed by atoms with van der Waals surface area (Å²) >= 11 is 1.18. The van der Waals surface area contributed by atoms with Crippen molar-refractivity contribution in [2.45, 2.75) is 18.5 Å². The van der Waals surface area contributed by atoms with E-state index in [0.29, 0.717) is 22.7 Å². The van der Waals surface area contributed by atoms with Crippen molar-refractivity contribution < 1.29 is 9.53 Å². The van der Waals surface area contributed by atoms with Crippen molar-refractivity contribution in [3.63, 3.8) is 0 Å². The highest BCUT2D eigenvalue weighted by Crippen LogP contribution is 2.19. The van der Waals surface area contributed by atoms with E-state index < -0.39 is 0 Å². The number of amides is 1. The van der Waals surface area contributed by atoms with Crippen molar-refractivity contribution >= 4 is 28.7 Å². The van der Waals surface area contributed by atoms with Gasteiger partial charge in [0.15, 0.2) is 10.8 Å². The maximum atomic E-state index is 12.3. The van der Waals surface area contributed by atoms with Crippen LogP contribution in [-0.4, -0.2) is 45.1 Å². The monoisotopic (exact) mass is 373 g/mol. The van der Waals surface area contributed by atoms with Crippen molar-refractivity contribution in [2.75, 3.05) is 19.4 Å². The molecule has 2 N–H and O–H groups in total. The average Bonchev–Trinajstić information content (AvgIpc) is 3.09. The lowest BCUT2D eigenvalue weighted by atomic mass is 10.3. The summed E-state index contributed by atoms with van der Waals surface area (Å²) in [4.78, 5) is 31.2. The van der Waals surface area contributed by atoms with Gasteiger partial charge in [0.25, 0.3) is 5.56 Å². The second-order valence-corrected chi connectivity index (χ2v) is 6.47. The number of aromatic nitrogens is 4. The van der Waals surface area contributed by atoms with Gasteiger partial charge in [0.2, 0.25) is 5.91 Å². The number of nitrogens with zero attached hydrogens (tertiary/aromatic N) is 3. The molecule has 2 heterocycles. The Bertz CT molecular complexity index is 965. The van der Waals surface area contributed by atoms with Crippen molar-refractivity contribution in [1.29, 1.82) is 0 Å². The van der Waals surface area contributed by atoms with Crippen LogP contribution in [0.25, 0.3) is 16.7 Å². The Labute approximate surface area is 154 Å². The Hall–Kier alpha value is -2.81. The SMILES string of the molecule is CCCNC(=O)CSc1nc2c(cnn2-c2ccc(OC)cc2)c(=O)[nH]1. The van der Waals surface area contributed by atoms with Gasteiger partial charge in [0.1, 0.15) is 11.1 Å². The maximum Gasteiger partial charge on any atom is 0.262 e. The summed E-state index contributed by atoms with van der Waals surface area (Å²) in [6.45, 7) is 2.62. The molecule has 1 amide bonds. The number of rotatable bonds is 7. The van der Waals surface area contributed by atoms with Crippen LogP contribution < -0.4 is 15.6 Å². The smallest absolute Gasteiger partial charge is 0.262 e. The molecule has 26 heavy (non-hydrogen) atoms. The number of thioether (sulfide) groups is 1. The fourth-order valence-electron chi connectivity index (χ4n) is 2.33. The molecule has 0 fully saturated rings. The molecule has 2 aromatic heterocycles. The first kappa shape index (κ1) is 18.0. The number of nitrogens with one attached hydrogen (secondary N) is 2. The van der Waals surface area contributed by atoms with Crippen LogP contribution in [0.15, 0.2) is 40.4 Å². The molecule has 0 spiro atoms. The van der Waals surface area contributed by atoms with Gasteiger partial charge >= 0.3 is 0 Å². The number of hydrogen-bond acceptors (Lipinski definition) is 6. The van der Waals surface area contributed by atoms with Crippen LogP contribution in [0.5, 0.6) is 5.75 Å². The fourth-order valence-corrected chi connectivity index (χ4v) is 3.01. The number of methoxy groups -OCH3 is 1. The summed E-state index contributed by atoms with van der Waals surface area (Å²) in [6, 6.07) is 7.28. The number of ether oxygens (including phenoxy) is 1. The first-order valence-corrected chi connectivity index (χ1v) is 9.13. The maximum absolute atomic E-state index is 12.3. The normalized spacial score (nSPS) is 10.8. The van der Waals surface area contributed by atoms with E-state index in [4.69, 9.17) is 4.74 Å². The van der Waals surface area contributed by atoms with Crippen LogP contribution in [0, 0.1) is 0 Å². The van der Waals surface area contributed by atoms with Crippen molar-refractivity contribution in [3.8, 4) is 11.4 Å². The number of hydrogen-bond donors (Lipinski definition) is 2. The Balaban J connectivity index is 1.88. The van der Waals surface area contributed by atoms with Gasteiger partial charge in [-0.05, 0) is 30.7 Å². The van der Waals surface area contributed by atoms with Gasteiger partial charge in [-0.15, -0.1) is 0 Å². The first-order chi connectivity index (χ1) is 12.6. The lowest BCUT2D eigenvalue weighted by Gasteiger charge is -2.06. The molecule has 0 atom stereocenters. The van der Waals surface area contributed by atoms with Gasteiger partial charge in [-0.25, -0.2) is 9.67 Å². The van der Waals surface area contributed by atoms with Crippen LogP contribution in [-0.2, 0) is 4.79 Å². The number of carbonyl (C=O) groups excluding carboxylic acids is 1. The zero-order chi connectivity index (χ0) is 18.5. The van der Waals surface area contributed by atoms with E-state index in [1.165, 1.54) is 18.0 Å². The molecule has 1 aromatic carbocycles. The number of aromatic amines is 1. The van der Waals surface area contributed by atoms with Crippen LogP contribution in [0.3, 0.4) is 0 Å². The summed E-state index contributed by atoms with van der Waals surface area (Å²) in [5, 5.41) is 7.82. The molecule has 0 radical (unpaired) electrons. The largest absolute Gasteiger partial charge is 0.497 e. The standard InChI is InChI=1S/C17H19N5O3S/c1-3-8-18-14(23)10-26-17-20-15-13(16(24)21-17)9-19-22(15)11-4-6-12(25-2)7-5-11/h4-7,9H,3,8,10H2,1-2H3,(H,18,23)(H,20,21,24). The average molecular weight is 373 g/mol. The first-order valence-electron chi connectivity index (χ1n) is 8.14. The number of H-pyrrole nitrogens is 1. The summed E-state index contributed by atoms with van der Waals surface area (Å²) < 4.78 is 6.74. The summed E-state index contributed by atoms with van der Waals surface area (Å²) in [6.07, 6.45) is 2.35. The minimum atomic E-state index is -0.286. The van der Waals surface area contributed by atoms with E-state index in [9.17, 15) is 9.59 Å². The Morgan fingerprint density at radius 2 is 2.12 bits per heavy atom. The zero-order valence-electron chi connectivity index (χ0n) is 14.5. The van der Waals surface area contributed by atoms with Gasteiger partial charge in [-0.1, -0.05) is 18.7 Å². The third-order valence-corrected chi connectivity index (χ3v) is 4.52. The molecule has 8 nitrogen and oxygen atoms in total. The van der Waals surface area contributed by atoms with Crippen LogP contribution in [0.1, 0.15) is 13.3 Å². The Kier molecular flexibility index (Phi) is 5.57. The van der Waals surface area contributed by atoms with Crippen LogP contribution in [0.2, 0.25) is 0 Å². The van der Waals surface area contributed by atoms with Crippen LogP contribution in [0.4, 0.5) is 0 Å². The number of fused-ring (bicyclic) bond motifs is 1. The van der Waals surface area contributed by atoms with Crippen molar-refractivity contribution in [2.24, 2.45) is 0 Å². The quantitative estimate of drug-likeness (QED) is 0.483. The van der Waals surface area contributed by atoms with Gasteiger partial charge in [-0.2, -0.15) is 5.10 Å². The molecule has 0 unspecified atom stereocenters. The molecule has 9 heteroatoms. The Morgan fingerprint density at radius 1 is 1.35 bits per heavy atom. The van der Waals surface area contributed by atoms with Crippen molar-refractivity contribution in [3.05, 3.63) is 40.8 Å². The van der Waals surface area contributed by atoms with E-state index in [0.717, 1.165) is 17.9 Å². The van der Waals surface area contributed by atoms with E-state index >= 15 is 0 Å². The molecule has 136 valence electrons. The number of carbonyl (C=O) groups is 1. The highest BCUT2D eigenvalue weighted by molar-refractivity contribution is 7.99. The summed E-state index contributed by atoms with van der Waals surface area (Å²) in [5.74, 6) is 0.819. The lowest BCUT2D eigenvalue weighted by molar-refractivity contribution is -0.118. The minimum Gasteiger partial charge on any atom is -0.497 e. The van der Waals surface area contributed by atoms with E-state index in [1.807, 2.05) is 31.2 Å². The predicted molar refractivity (Wildman–Crippen MR) is 100 cm³/mol. The summed E-state index contributed by atoms with van der Waals surface area (Å²) in [7, 11) is 1.60. The van der Waals surface area contributed by atoms with Gasteiger partial charge in [0.05, 0.1) is 24.7 Å². The van der Waals surface area contributed by atoms with Crippen LogP contribution >= 0.6 is 11.8 Å². The van der Waals surface area contributed by atoms with Gasteiger partial charge in [0, 0.05) is 6.54 Å². The second-order valence-electron chi connectivity index (χ2n) is 5.50. The Morgan fingerprint density at radius 3 is 2.81 bits per heavy atom. The molecular weight excluding hydrogens is 354 g/mol. The fraction of sp³-hybridized carbons (Fsp3) is 0.294. The van der Waals surface area contributed by atoms with E-state index in [-0.39, 0.29) is 17.2 Å². The number of benzene rings is 1. The molecule has 0 saturated heterocycles. The third kappa shape index (κ3) is 3.88. The molecule has 0 aliphatic rings. The molecule has 3 rings (SSSR count). The molecule has 0 saturated carbocycles. The molecule has 0 aliphatic carbocycles. The van der Waals surface area contributed by atoms with E-state index in [1.54, 1.807) is 11.8 Å². The van der Waals surface area contributed by atoms with Crippen molar-refractivity contribution in [1.82, 2.24) is 25.1 Å². The molecule has 0 bridgehead atoms. The summed E-state index contributed by atoms with van der Waals surface area (Å²) in [5.41, 5.74) is 0.914. The molecule has 0 aliphatic heterocycles. The molecule has 3 aromatic rings. The van der Waals surface area contributed by atoms with Gasteiger partial charge < -0.3 is 15.0 Å².